The lowest BCUT2D eigenvalue weighted by molar-refractivity contribution is -0.147. The van der Waals surface area contributed by atoms with Crippen LogP contribution in [-0.4, -0.2) is 47.0 Å². The Kier molecular flexibility index (Phi) is 6.95. The molecule has 7 nitrogen and oxygen atoms in total. The third-order valence-electron chi connectivity index (χ3n) is 5.53. The third-order valence-corrected chi connectivity index (χ3v) is 6.08. The van der Waals surface area contributed by atoms with Crippen molar-refractivity contribution in [1.29, 1.82) is 0 Å². The largest absolute Gasteiger partial charge is 0.464 e. The number of aromatic nitrogens is 1. The van der Waals surface area contributed by atoms with Crippen molar-refractivity contribution in [3.63, 3.8) is 0 Å². The highest BCUT2D eigenvalue weighted by molar-refractivity contribution is 6.36. The number of para-hydroxylation sites is 1. The Morgan fingerprint density at radius 1 is 1.06 bits per heavy atom. The van der Waals surface area contributed by atoms with Crippen LogP contribution in [0.25, 0.3) is 16.5 Å². The topological polar surface area (TPSA) is 88.7 Å². The van der Waals surface area contributed by atoms with E-state index < -0.39 is 23.9 Å². The van der Waals surface area contributed by atoms with E-state index >= 15 is 0 Å². The molecule has 3 aromatic rings. The molecule has 34 heavy (non-hydrogen) atoms. The van der Waals surface area contributed by atoms with Gasteiger partial charge >= 0.3 is 11.9 Å². The van der Waals surface area contributed by atoms with Gasteiger partial charge in [-0.3, -0.25) is 9.69 Å². The van der Waals surface area contributed by atoms with Gasteiger partial charge in [0.25, 0.3) is 5.91 Å². The van der Waals surface area contributed by atoms with E-state index in [2.05, 4.69) is 4.98 Å². The summed E-state index contributed by atoms with van der Waals surface area (Å²) in [7, 11) is 0. The molecule has 1 aromatic heterocycles. The minimum Gasteiger partial charge on any atom is -0.464 e. The Hall–Kier alpha value is -3.29. The smallest absolute Gasteiger partial charge is 0.341 e. The summed E-state index contributed by atoms with van der Waals surface area (Å²) in [5.41, 5.74) is 2.26. The van der Waals surface area contributed by atoms with Crippen LogP contribution in [0.4, 0.5) is 0 Å². The van der Waals surface area contributed by atoms with Gasteiger partial charge in [-0.15, -0.1) is 0 Å². The second-order valence-corrected chi connectivity index (χ2v) is 8.44. The molecule has 2 heterocycles. The number of carbonyl (C=O) groups excluding carboxylic acids is 3. The maximum absolute atomic E-state index is 13.7. The molecule has 9 heteroatoms. The van der Waals surface area contributed by atoms with Crippen molar-refractivity contribution in [3.05, 3.63) is 75.5 Å². The number of aromatic amines is 1. The number of fused-ring (bicyclic) bond motifs is 3. The Balaban J connectivity index is 1.93. The SMILES string of the molecule is CCOC(=O)C1=CN(C(=O)c2ccc(Cl)cc2Cl)C(C(=O)OCC)Cc2c1[nH]c1ccccc21. The summed E-state index contributed by atoms with van der Waals surface area (Å²) in [4.78, 5) is 44.2. The van der Waals surface area contributed by atoms with Crippen LogP contribution in [0.3, 0.4) is 0 Å². The summed E-state index contributed by atoms with van der Waals surface area (Å²) in [6.07, 6.45) is 1.46. The van der Waals surface area contributed by atoms with Crippen LogP contribution in [0.1, 0.15) is 35.5 Å². The van der Waals surface area contributed by atoms with Gasteiger partial charge in [-0.2, -0.15) is 0 Å². The molecule has 1 atom stereocenters. The second-order valence-electron chi connectivity index (χ2n) is 7.60. The van der Waals surface area contributed by atoms with Crippen LogP contribution in [0.5, 0.6) is 0 Å². The zero-order valence-electron chi connectivity index (χ0n) is 18.6. The fourth-order valence-corrected chi connectivity index (χ4v) is 4.52. The van der Waals surface area contributed by atoms with E-state index in [9.17, 15) is 14.4 Å². The summed E-state index contributed by atoms with van der Waals surface area (Å²) in [5.74, 6) is -1.80. The molecular formula is C25H22Cl2N2O5. The third kappa shape index (κ3) is 4.41. The highest BCUT2D eigenvalue weighted by Gasteiger charge is 2.38. The predicted molar refractivity (Wildman–Crippen MR) is 130 cm³/mol. The molecule has 1 N–H and O–H groups in total. The minimum absolute atomic E-state index is 0.120. The first kappa shape index (κ1) is 23.9. The van der Waals surface area contributed by atoms with Crippen molar-refractivity contribution >= 4 is 57.5 Å². The van der Waals surface area contributed by atoms with Crippen LogP contribution in [0.15, 0.2) is 48.7 Å². The molecule has 0 aliphatic carbocycles. The Bertz CT molecular complexity index is 1310. The lowest BCUT2D eigenvalue weighted by Gasteiger charge is -2.27. The van der Waals surface area contributed by atoms with E-state index in [4.69, 9.17) is 32.7 Å². The molecule has 1 amide bonds. The molecule has 0 radical (unpaired) electrons. The van der Waals surface area contributed by atoms with Gasteiger partial charge in [0.2, 0.25) is 0 Å². The number of rotatable bonds is 5. The van der Waals surface area contributed by atoms with Gasteiger partial charge in [0.15, 0.2) is 0 Å². The number of nitrogens with zero attached hydrogens (tertiary/aromatic N) is 1. The number of benzene rings is 2. The normalized spacial score (nSPS) is 15.4. The summed E-state index contributed by atoms with van der Waals surface area (Å²) in [6.45, 7) is 3.66. The molecule has 0 saturated carbocycles. The molecule has 1 aliphatic heterocycles. The van der Waals surface area contributed by atoms with Crippen LogP contribution in [-0.2, 0) is 25.5 Å². The first-order valence-electron chi connectivity index (χ1n) is 10.8. The van der Waals surface area contributed by atoms with E-state index in [0.717, 1.165) is 10.9 Å². The summed E-state index contributed by atoms with van der Waals surface area (Å²) >= 11 is 12.3. The number of carbonyl (C=O) groups is 3. The van der Waals surface area contributed by atoms with Gasteiger partial charge in [0, 0.05) is 28.5 Å². The van der Waals surface area contributed by atoms with Gasteiger partial charge in [0.05, 0.1) is 35.1 Å². The van der Waals surface area contributed by atoms with E-state index in [-0.39, 0.29) is 35.8 Å². The number of esters is 2. The second kappa shape index (κ2) is 9.91. The van der Waals surface area contributed by atoms with Gasteiger partial charge in [0.1, 0.15) is 6.04 Å². The number of hydrogen-bond acceptors (Lipinski definition) is 5. The number of amides is 1. The lowest BCUT2D eigenvalue weighted by Crippen LogP contribution is -2.44. The first-order valence-corrected chi connectivity index (χ1v) is 11.5. The standard InChI is InChI=1S/C25H22Cl2N2O5/c1-3-33-24(31)18-13-29(23(30)16-10-9-14(26)11-19(16)27)21(25(32)34-4-2)12-17-15-7-5-6-8-20(15)28-22(17)18/h5-11,13,21,28H,3-4,12H2,1-2H3. The van der Waals surface area contributed by atoms with Crippen molar-refractivity contribution in [3.8, 4) is 0 Å². The minimum atomic E-state index is -1.04. The van der Waals surface area contributed by atoms with Crippen molar-refractivity contribution < 1.29 is 23.9 Å². The molecule has 0 saturated heterocycles. The zero-order chi connectivity index (χ0) is 24.4. The maximum atomic E-state index is 13.7. The fourth-order valence-electron chi connectivity index (χ4n) is 4.03. The average molecular weight is 501 g/mol. The Morgan fingerprint density at radius 3 is 2.50 bits per heavy atom. The summed E-state index contributed by atoms with van der Waals surface area (Å²) in [5, 5.41) is 1.32. The van der Waals surface area contributed by atoms with Gasteiger partial charge in [-0.05, 0) is 43.7 Å². The van der Waals surface area contributed by atoms with Crippen LogP contribution < -0.4 is 0 Å². The van der Waals surface area contributed by atoms with Crippen molar-refractivity contribution in [2.45, 2.75) is 26.3 Å². The van der Waals surface area contributed by atoms with E-state index in [1.165, 1.54) is 29.3 Å². The van der Waals surface area contributed by atoms with Gasteiger partial charge in [-0.1, -0.05) is 41.4 Å². The highest BCUT2D eigenvalue weighted by atomic mass is 35.5. The number of H-pyrrole nitrogens is 1. The summed E-state index contributed by atoms with van der Waals surface area (Å²) < 4.78 is 10.6. The average Bonchev–Trinajstić information content (AvgIpc) is 3.07. The Morgan fingerprint density at radius 2 is 1.79 bits per heavy atom. The number of halogens is 2. The maximum Gasteiger partial charge on any atom is 0.341 e. The van der Waals surface area contributed by atoms with Gasteiger partial charge in [-0.25, -0.2) is 9.59 Å². The molecule has 0 spiro atoms. The molecule has 1 unspecified atom stereocenters. The zero-order valence-corrected chi connectivity index (χ0v) is 20.1. The highest BCUT2D eigenvalue weighted by Crippen LogP contribution is 2.35. The van der Waals surface area contributed by atoms with Crippen molar-refractivity contribution in [1.82, 2.24) is 9.88 Å². The molecular weight excluding hydrogens is 479 g/mol. The Labute approximate surface area is 206 Å². The number of nitrogens with one attached hydrogen (secondary N) is 1. The van der Waals surface area contributed by atoms with Crippen LogP contribution >= 0.6 is 23.2 Å². The van der Waals surface area contributed by atoms with Crippen molar-refractivity contribution in [2.24, 2.45) is 0 Å². The van der Waals surface area contributed by atoms with Crippen molar-refractivity contribution in [2.75, 3.05) is 13.2 Å². The monoisotopic (exact) mass is 500 g/mol. The molecule has 176 valence electrons. The van der Waals surface area contributed by atoms with E-state index in [1.807, 2.05) is 24.3 Å². The number of hydrogen-bond donors (Lipinski definition) is 1. The van der Waals surface area contributed by atoms with Crippen LogP contribution in [0.2, 0.25) is 10.0 Å². The molecule has 1 aliphatic rings. The van der Waals surface area contributed by atoms with Gasteiger partial charge < -0.3 is 14.5 Å². The fraction of sp³-hybridized carbons (Fsp3) is 0.240. The molecule has 2 aromatic carbocycles. The van der Waals surface area contributed by atoms with E-state index in [1.54, 1.807) is 13.8 Å². The molecule has 0 fully saturated rings. The lowest BCUT2D eigenvalue weighted by atomic mass is 10.0. The van der Waals surface area contributed by atoms with Crippen LogP contribution in [0, 0.1) is 0 Å². The quantitative estimate of drug-likeness (QED) is 0.497. The first-order chi connectivity index (χ1) is 16.3. The van der Waals surface area contributed by atoms with E-state index in [0.29, 0.717) is 16.3 Å². The molecule has 4 rings (SSSR count). The summed E-state index contributed by atoms with van der Waals surface area (Å²) in [6, 6.07) is 10.9. The molecule has 0 bridgehead atoms. The number of ether oxygens (including phenoxy) is 2. The predicted octanol–water partition coefficient (Wildman–Crippen LogP) is 5.01.